The molecule has 2 aromatic rings. The number of carbonyl (C=O) groups is 1. The van der Waals surface area contributed by atoms with Crippen molar-refractivity contribution in [1.29, 1.82) is 0 Å². The van der Waals surface area contributed by atoms with Gasteiger partial charge in [-0.15, -0.1) is 0 Å². The van der Waals surface area contributed by atoms with Crippen LogP contribution >= 0.6 is 0 Å². The molecule has 1 aliphatic heterocycles. The van der Waals surface area contributed by atoms with E-state index in [-0.39, 0.29) is 11.8 Å². The van der Waals surface area contributed by atoms with E-state index in [1.54, 1.807) is 0 Å². The van der Waals surface area contributed by atoms with Crippen molar-refractivity contribution in [2.45, 2.75) is 18.8 Å². The Morgan fingerprint density at radius 2 is 2.30 bits per heavy atom. The number of hydrogen-bond acceptors (Lipinski definition) is 4. The fourth-order valence-electron chi connectivity index (χ4n) is 2.51. The number of nitrogens with zero attached hydrogens (tertiary/aromatic N) is 2. The lowest BCUT2D eigenvalue weighted by molar-refractivity contribution is -0.121. The molecule has 3 N–H and O–H groups in total. The number of H-pyrrole nitrogens is 1. The van der Waals surface area contributed by atoms with Crippen LogP contribution in [0.2, 0.25) is 0 Å². The molecule has 6 heteroatoms. The number of aromatic nitrogens is 3. The van der Waals surface area contributed by atoms with Crippen molar-refractivity contribution < 1.29 is 4.79 Å². The van der Waals surface area contributed by atoms with Gasteiger partial charge in [0.15, 0.2) is 0 Å². The zero-order valence-corrected chi connectivity index (χ0v) is 11.1. The van der Waals surface area contributed by atoms with Crippen LogP contribution in [-0.4, -0.2) is 34.2 Å². The summed E-state index contributed by atoms with van der Waals surface area (Å²) in [5.74, 6) is 1.13. The number of anilines is 1. The fourth-order valence-corrected chi connectivity index (χ4v) is 2.51. The van der Waals surface area contributed by atoms with Gasteiger partial charge < -0.3 is 10.6 Å². The van der Waals surface area contributed by atoms with E-state index in [9.17, 15) is 4.79 Å². The largest absolute Gasteiger partial charge is 0.384 e. The highest BCUT2D eigenvalue weighted by Crippen LogP contribution is 2.32. The lowest BCUT2D eigenvalue weighted by Gasteiger charge is -2.10. The summed E-state index contributed by atoms with van der Waals surface area (Å²) in [7, 11) is 0. The molecule has 0 spiro atoms. The SMILES string of the molecule is O=C(CC1CNc2ccccc21)NCCc1ncn[nH]1. The lowest BCUT2D eigenvalue weighted by Crippen LogP contribution is -2.27. The molecule has 0 aliphatic carbocycles. The molecule has 3 rings (SSSR count). The second-order valence-electron chi connectivity index (χ2n) is 4.90. The highest BCUT2D eigenvalue weighted by atomic mass is 16.1. The molecule has 1 aliphatic rings. The zero-order valence-electron chi connectivity index (χ0n) is 11.1. The molecule has 0 bridgehead atoms. The molecule has 1 aromatic heterocycles. The summed E-state index contributed by atoms with van der Waals surface area (Å²) >= 11 is 0. The van der Waals surface area contributed by atoms with Gasteiger partial charge in [0.2, 0.25) is 5.91 Å². The maximum atomic E-state index is 12.0. The molecule has 1 unspecified atom stereocenters. The van der Waals surface area contributed by atoms with Crippen molar-refractivity contribution in [2.24, 2.45) is 0 Å². The standard InChI is InChI=1S/C14H17N5O/c20-14(15-6-5-13-17-9-18-19-13)7-10-8-16-12-4-2-1-3-11(10)12/h1-4,9-10,16H,5-8H2,(H,15,20)(H,17,18,19). The summed E-state index contributed by atoms with van der Waals surface area (Å²) < 4.78 is 0. The van der Waals surface area contributed by atoms with Gasteiger partial charge >= 0.3 is 0 Å². The van der Waals surface area contributed by atoms with Gasteiger partial charge in [0.05, 0.1) is 0 Å². The first-order valence-corrected chi connectivity index (χ1v) is 6.76. The van der Waals surface area contributed by atoms with Crippen LogP contribution in [0.3, 0.4) is 0 Å². The normalized spacial score (nSPS) is 16.5. The predicted octanol–water partition coefficient (Wildman–Crippen LogP) is 1.06. The second kappa shape index (κ2) is 5.73. The van der Waals surface area contributed by atoms with Gasteiger partial charge in [0.25, 0.3) is 0 Å². The van der Waals surface area contributed by atoms with Gasteiger partial charge in [0, 0.05) is 37.5 Å². The first kappa shape index (κ1) is 12.7. The Morgan fingerprint density at radius 1 is 1.40 bits per heavy atom. The second-order valence-corrected chi connectivity index (χ2v) is 4.90. The number of carbonyl (C=O) groups excluding carboxylic acids is 1. The average Bonchev–Trinajstić information content (AvgIpc) is 3.09. The monoisotopic (exact) mass is 271 g/mol. The van der Waals surface area contributed by atoms with E-state index in [0.29, 0.717) is 19.4 Å². The highest BCUT2D eigenvalue weighted by Gasteiger charge is 2.23. The summed E-state index contributed by atoms with van der Waals surface area (Å²) in [6.45, 7) is 1.41. The van der Waals surface area contributed by atoms with Gasteiger partial charge in [-0.25, -0.2) is 4.98 Å². The molecule has 1 amide bonds. The first-order valence-electron chi connectivity index (χ1n) is 6.76. The summed E-state index contributed by atoms with van der Waals surface area (Å²) in [4.78, 5) is 16.0. The number of fused-ring (bicyclic) bond motifs is 1. The van der Waals surface area contributed by atoms with Crippen molar-refractivity contribution in [3.8, 4) is 0 Å². The molecule has 0 radical (unpaired) electrons. The molecule has 20 heavy (non-hydrogen) atoms. The van der Waals surface area contributed by atoms with E-state index < -0.39 is 0 Å². The highest BCUT2D eigenvalue weighted by molar-refractivity contribution is 5.78. The van der Waals surface area contributed by atoms with Gasteiger partial charge in [-0.2, -0.15) is 5.10 Å². The first-order chi connectivity index (χ1) is 9.83. The summed E-state index contributed by atoms with van der Waals surface area (Å²) in [5, 5.41) is 12.8. The Hall–Kier alpha value is -2.37. The maximum absolute atomic E-state index is 12.0. The minimum absolute atomic E-state index is 0.0769. The minimum Gasteiger partial charge on any atom is -0.384 e. The van der Waals surface area contributed by atoms with Crippen molar-refractivity contribution in [3.63, 3.8) is 0 Å². The van der Waals surface area contributed by atoms with Crippen LogP contribution < -0.4 is 10.6 Å². The minimum atomic E-state index is 0.0769. The van der Waals surface area contributed by atoms with Gasteiger partial charge in [-0.1, -0.05) is 18.2 Å². The number of benzene rings is 1. The smallest absolute Gasteiger partial charge is 0.220 e. The molecule has 0 fully saturated rings. The van der Waals surface area contributed by atoms with E-state index in [2.05, 4.69) is 37.9 Å². The Balaban J connectivity index is 1.48. The third kappa shape index (κ3) is 2.79. The van der Waals surface area contributed by atoms with Crippen LogP contribution in [0.25, 0.3) is 0 Å². The van der Waals surface area contributed by atoms with Crippen LogP contribution in [0, 0.1) is 0 Å². The van der Waals surface area contributed by atoms with Crippen LogP contribution in [0.15, 0.2) is 30.6 Å². The Labute approximate surface area is 117 Å². The quantitative estimate of drug-likeness (QED) is 0.759. The van der Waals surface area contributed by atoms with Gasteiger partial charge in [0.1, 0.15) is 12.2 Å². The Bertz CT molecular complexity index is 581. The van der Waals surface area contributed by atoms with Crippen molar-refractivity contribution in [3.05, 3.63) is 42.0 Å². The molecule has 1 aromatic carbocycles. The number of nitrogens with one attached hydrogen (secondary N) is 3. The number of hydrogen-bond donors (Lipinski definition) is 3. The zero-order chi connectivity index (χ0) is 13.8. The summed E-state index contributed by atoms with van der Waals surface area (Å²) in [6, 6.07) is 8.16. The third-order valence-electron chi connectivity index (χ3n) is 3.52. The number of rotatable bonds is 5. The molecule has 104 valence electrons. The number of amides is 1. The summed E-state index contributed by atoms with van der Waals surface area (Å²) in [6.07, 6.45) is 2.66. The molecule has 0 saturated heterocycles. The van der Waals surface area contributed by atoms with Crippen LogP contribution in [-0.2, 0) is 11.2 Å². The van der Waals surface area contributed by atoms with E-state index in [4.69, 9.17) is 0 Å². The average molecular weight is 271 g/mol. The van der Waals surface area contributed by atoms with E-state index >= 15 is 0 Å². The third-order valence-corrected chi connectivity index (χ3v) is 3.52. The lowest BCUT2D eigenvalue weighted by atomic mass is 9.97. The van der Waals surface area contributed by atoms with E-state index in [0.717, 1.165) is 18.1 Å². The van der Waals surface area contributed by atoms with Gasteiger partial charge in [-0.05, 0) is 11.6 Å². The van der Waals surface area contributed by atoms with Crippen LogP contribution in [0.4, 0.5) is 5.69 Å². The Morgan fingerprint density at radius 3 is 3.15 bits per heavy atom. The molecule has 2 heterocycles. The van der Waals surface area contributed by atoms with E-state index in [1.165, 1.54) is 11.9 Å². The number of para-hydroxylation sites is 1. The van der Waals surface area contributed by atoms with Crippen molar-refractivity contribution in [2.75, 3.05) is 18.4 Å². The maximum Gasteiger partial charge on any atom is 0.220 e. The van der Waals surface area contributed by atoms with Crippen LogP contribution in [0.1, 0.15) is 23.7 Å². The van der Waals surface area contributed by atoms with Crippen LogP contribution in [0.5, 0.6) is 0 Å². The predicted molar refractivity (Wildman–Crippen MR) is 75.4 cm³/mol. The van der Waals surface area contributed by atoms with Crippen molar-refractivity contribution >= 4 is 11.6 Å². The topological polar surface area (TPSA) is 82.7 Å². The van der Waals surface area contributed by atoms with Gasteiger partial charge in [-0.3, -0.25) is 9.89 Å². The Kier molecular flexibility index (Phi) is 3.62. The van der Waals surface area contributed by atoms with E-state index in [1.807, 2.05) is 12.1 Å². The molecule has 6 nitrogen and oxygen atoms in total. The number of aromatic amines is 1. The van der Waals surface area contributed by atoms with Crippen molar-refractivity contribution in [1.82, 2.24) is 20.5 Å². The summed E-state index contributed by atoms with van der Waals surface area (Å²) in [5.41, 5.74) is 2.38. The molecule has 1 atom stereocenters. The molecular weight excluding hydrogens is 254 g/mol. The molecule has 0 saturated carbocycles. The fraction of sp³-hybridized carbons (Fsp3) is 0.357. The molecular formula is C14H17N5O.